The van der Waals surface area contributed by atoms with Gasteiger partial charge in [0.05, 0.1) is 0 Å². The zero-order valence-corrected chi connectivity index (χ0v) is 11.9. The van der Waals surface area contributed by atoms with Crippen molar-refractivity contribution in [3.63, 3.8) is 0 Å². The van der Waals surface area contributed by atoms with E-state index in [9.17, 15) is 9.59 Å². The number of likely N-dealkylation sites (N-methyl/N-ethyl adjacent to an activating group) is 1. The van der Waals surface area contributed by atoms with Crippen LogP contribution in [0.15, 0.2) is 30.3 Å². The standard InChI is InChI=1S/C13H17ClN2O4/c1-16(8-7-15-12(17)20-10-14)13(18)19-9-11-5-3-2-4-6-11/h2-6H,7-10H2,1H3,(H,15,17). The fourth-order valence-corrected chi connectivity index (χ4v) is 1.45. The van der Waals surface area contributed by atoms with Crippen molar-refractivity contribution in [1.29, 1.82) is 0 Å². The van der Waals surface area contributed by atoms with Crippen molar-refractivity contribution < 1.29 is 19.1 Å². The number of carbonyl (C=O) groups is 2. The quantitative estimate of drug-likeness (QED) is 0.818. The largest absolute Gasteiger partial charge is 0.445 e. The number of benzene rings is 1. The number of amides is 2. The SMILES string of the molecule is CN(CCNC(=O)OCCl)C(=O)OCc1ccccc1. The zero-order valence-electron chi connectivity index (χ0n) is 11.2. The summed E-state index contributed by atoms with van der Waals surface area (Å²) in [5.74, 6) is 0. The normalized spacial score (nSPS) is 9.70. The summed E-state index contributed by atoms with van der Waals surface area (Å²) in [5.41, 5.74) is 0.915. The molecule has 0 radical (unpaired) electrons. The highest BCUT2D eigenvalue weighted by atomic mass is 35.5. The van der Waals surface area contributed by atoms with Crippen LogP contribution in [0.4, 0.5) is 9.59 Å². The number of hydrogen-bond acceptors (Lipinski definition) is 4. The number of hydrogen-bond donors (Lipinski definition) is 1. The number of alkyl carbamates (subject to hydrolysis) is 1. The smallest absolute Gasteiger partial charge is 0.409 e. The van der Waals surface area contributed by atoms with Gasteiger partial charge < -0.3 is 19.7 Å². The molecular formula is C13H17ClN2O4. The number of carbonyl (C=O) groups excluding carboxylic acids is 2. The van der Waals surface area contributed by atoms with Crippen LogP contribution in [0.5, 0.6) is 0 Å². The van der Waals surface area contributed by atoms with Crippen LogP contribution in [0.25, 0.3) is 0 Å². The minimum atomic E-state index is -0.619. The Balaban J connectivity index is 2.21. The molecule has 20 heavy (non-hydrogen) atoms. The predicted octanol–water partition coefficient (Wildman–Crippen LogP) is 2.18. The Morgan fingerprint density at radius 2 is 1.95 bits per heavy atom. The molecule has 1 aromatic rings. The summed E-state index contributed by atoms with van der Waals surface area (Å²) in [4.78, 5) is 24.0. The van der Waals surface area contributed by atoms with E-state index in [0.29, 0.717) is 6.54 Å². The molecule has 7 heteroatoms. The van der Waals surface area contributed by atoms with Gasteiger partial charge in [0.1, 0.15) is 6.61 Å². The van der Waals surface area contributed by atoms with Gasteiger partial charge in [0, 0.05) is 20.1 Å². The minimum absolute atomic E-state index is 0.208. The lowest BCUT2D eigenvalue weighted by Gasteiger charge is -2.17. The predicted molar refractivity (Wildman–Crippen MR) is 74.5 cm³/mol. The van der Waals surface area contributed by atoms with Crippen molar-refractivity contribution in [2.24, 2.45) is 0 Å². The molecule has 6 nitrogen and oxygen atoms in total. The summed E-state index contributed by atoms with van der Waals surface area (Å²) in [6.07, 6.45) is -1.08. The first kappa shape index (κ1) is 16.1. The second-order valence-corrected chi connectivity index (χ2v) is 4.15. The molecule has 0 aliphatic heterocycles. The summed E-state index contributed by atoms with van der Waals surface area (Å²) >= 11 is 5.22. The lowest BCUT2D eigenvalue weighted by Crippen LogP contribution is -2.36. The van der Waals surface area contributed by atoms with Crippen molar-refractivity contribution in [3.8, 4) is 0 Å². The van der Waals surface area contributed by atoms with Gasteiger partial charge in [-0.3, -0.25) is 0 Å². The van der Waals surface area contributed by atoms with Gasteiger partial charge in [-0.15, -0.1) is 0 Å². The van der Waals surface area contributed by atoms with E-state index < -0.39 is 12.2 Å². The minimum Gasteiger partial charge on any atom is -0.445 e. The van der Waals surface area contributed by atoms with E-state index in [4.69, 9.17) is 16.3 Å². The van der Waals surface area contributed by atoms with Gasteiger partial charge in [-0.05, 0) is 5.56 Å². The molecule has 0 saturated carbocycles. The molecule has 2 amide bonds. The molecule has 1 rings (SSSR count). The summed E-state index contributed by atoms with van der Waals surface area (Å²) in [6, 6.07) is 9.18. The summed E-state index contributed by atoms with van der Waals surface area (Å²) in [6.45, 7) is 0.781. The van der Waals surface area contributed by atoms with E-state index in [0.717, 1.165) is 5.56 Å². The molecule has 110 valence electrons. The van der Waals surface area contributed by atoms with Crippen molar-refractivity contribution >= 4 is 23.8 Å². The van der Waals surface area contributed by atoms with Crippen molar-refractivity contribution in [3.05, 3.63) is 35.9 Å². The maximum absolute atomic E-state index is 11.7. The number of ether oxygens (including phenoxy) is 2. The summed E-state index contributed by atoms with van der Waals surface area (Å²) < 4.78 is 9.59. The van der Waals surface area contributed by atoms with Crippen LogP contribution >= 0.6 is 11.6 Å². The first-order valence-electron chi connectivity index (χ1n) is 6.02. The van der Waals surface area contributed by atoms with Gasteiger partial charge in [-0.25, -0.2) is 9.59 Å². The maximum Gasteiger partial charge on any atom is 0.409 e. The van der Waals surface area contributed by atoms with Gasteiger partial charge in [-0.2, -0.15) is 0 Å². The fraction of sp³-hybridized carbons (Fsp3) is 0.385. The van der Waals surface area contributed by atoms with Gasteiger partial charge in [0.15, 0.2) is 6.07 Å². The monoisotopic (exact) mass is 300 g/mol. The highest BCUT2D eigenvalue weighted by molar-refractivity contribution is 6.17. The third-order valence-corrected chi connectivity index (χ3v) is 2.53. The molecule has 0 aromatic heterocycles. The van der Waals surface area contributed by atoms with Crippen LogP contribution in [0.2, 0.25) is 0 Å². The Hall–Kier alpha value is -1.95. The average Bonchev–Trinajstić information content (AvgIpc) is 2.46. The Labute approximate surface area is 122 Å². The Kier molecular flexibility index (Phi) is 7.27. The van der Waals surface area contributed by atoms with Crippen molar-refractivity contribution in [2.45, 2.75) is 6.61 Å². The summed E-state index contributed by atoms with van der Waals surface area (Å²) in [7, 11) is 1.59. The van der Waals surface area contributed by atoms with E-state index in [2.05, 4.69) is 10.1 Å². The highest BCUT2D eigenvalue weighted by Crippen LogP contribution is 2.02. The second kappa shape index (κ2) is 9.03. The molecule has 0 aliphatic carbocycles. The van der Waals surface area contributed by atoms with Gasteiger partial charge >= 0.3 is 12.2 Å². The molecule has 0 aliphatic rings. The van der Waals surface area contributed by atoms with E-state index in [1.54, 1.807) is 7.05 Å². The molecule has 0 heterocycles. The average molecular weight is 301 g/mol. The lowest BCUT2D eigenvalue weighted by molar-refractivity contribution is 0.104. The zero-order chi connectivity index (χ0) is 14.8. The number of nitrogens with one attached hydrogen (secondary N) is 1. The number of nitrogens with zero attached hydrogens (tertiary/aromatic N) is 1. The molecule has 0 fully saturated rings. The molecule has 1 aromatic carbocycles. The van der Waals surface area contributed by atoms with E-state index in [-0.39, 0.29) is 19.2 Å². The molecular weight excluding hydrogens is 284 g/mol. The first-order chi connectivity index (χ1) is 9.63. The van der Waals surface area contributed by atoms with Crippen molar-refractivity contribution in [2.75, 3.05) is 26.2 Å². The van der Waals surface area contributed by atoms with E-state index in [1.165, 1.54) is 4.90 Å². The van der Waals surface area contributed by atoms with Crippen LogP contribution in [-0.4, -0.2) is 43.3 Å². The number of halogens is 1. The third-order valence-electron chi connectivity index (χ3n) is 2.42. The summed E-state index contributed by atoms with van der Waals surface area (Å²) in [5, 5.41) is 2.45. The van der Waals surface area contributed by atoms with Crippen LogP contribution in [-0.2, 0) is 16.1 Å². The fourth-order valence-electron chi connectivity index (χ4n) is 1.35. The van der Waals surface area contributed by atoms with Crippen LogP contribution < -0.4 is 5.32 Å². The Morgan fingerprint density at radius 1 is 1.25 bits per heavy atom. The maximum atomic E-state index is 11.7. The lowest BCUT2D eigenvalue weighted by atomic mass is 10.2. The van der Waals surface area contributed by atoms with Gasteiger partial charge in [0.2, 0.25) is 0 Å². The number of rotatable bonds is 6. The van der Waals surface area contributed by atoms with Crippen LogP contribution in [0, 0.1) is 0 Å². The van der Waals surface area contributed by atoms with E-state index >= 15 is 0 Å². The topological polar surface area (TPSA) is 67.9 Å². The molecule has 0 bridgehead atoms. The Bertz CT molecular complexity index is 428. The Morgan fingerprint density at radius 3 is 2.60 bits per heavy atom. The highest BCUT2D eigenvalue weighted by Gasteiger charge is 2.10. The molecule has 0 spiro atoms. The van der Waals surface area contributed by atoms with Crippen LogP contribution in [0.1, 0.15) is 5.56 Å². The van der Waals surface area contributed by atoms with Gasteiger partial charge in [0.25, 0.3) is 0 Å². The second-order valence-electron chi connectivity index (χ2n) is 3.93. The molecule has 0 saturated heterocycles. The third kappa shape index (κ3) is 6.29. The molecule has 1 N–H and O–H groups in total. The molecule has 0 unspecified atom stereocenters. The van der Waals surface area contributed by atoms with Crippen molar-refractivity contribution in [1.82, 2.24) is 10.2 Å². The van der Waals surface area contributed by atoms with E-state index in [1.807, 2.05) is 30.3 Å². The molecule has 0 atom stereocenters. The van der Waals surface area contributed by atoms with Crippen LogP contribution in [0.3, 0.4) is 0 Å². The number of alkyl halides is 1. The first-order valence-corrected chi connectivity index (χ1v) is 6.55. The van der Waals surface area contributed by atoms with Gasteiger partial charge in [-0.1, -0.05) is 41.9 Å².